The Labute approximate surface area is 222 Å². The van der Waals surface area contributed by atoms with Crippen LogP contribution in [0.5, 0.6) is 11.5 Å². The number of likely N-dealkylation sites (N-methyl/N-ethyl adjacent to an activating group) is 1. The highest BCUT2D eigenvalue weighted by Crippen LogP contribution is 2.64. The molecular weight excluding hydrogens is 484 g/mol. The van der Waals surface area contributed by atoms with Gasteiger partial charge in [0.25, 0.3) is 0 Å². The number of esters is 1. The number of hydrogen-bond acceptors (Lipinski definition) is 7. The van der Waals surface area contributed by atoms with Crippen molar-refractivity contribution in [1.82, 2.24) is 9.80 Å². The minimum atomic E-state index is -0.339. The molecule has 2 aliphatic heterocycles. The van der Waals surface area contributed by atoms with E-state index in [1.54, 1.807) is 31.8 Å². The summed E-state index contributed by atoms with van der Waals surface area (Å²) >= 11 is 0. The molecule has 1 amide bonds. The van der Waals surface area contributed by atoms with Gasteiger partial charge in [0.05, 0.1) is 32.2 Å². The summed E-state index contributed by atoms with van der Waals surface area (Å²) in [6.07, 6.45) is 10.0. The van der Waals surface area contributed by atoms with Crippen molar-refractivity contribution in [3.63, 3.8) is 0 Å². The van der Waals surface area contributed by atoms with Gasteiger partial charge in [-0.2, -0.15) is 0 Å². The van der Waals surface area contributed by atoms with E-state index in [0.29, 0.717) is 18.2 Å². The highest BCUT2D eigenvalue weighted by Gasteiger charge is 2.66. The van der Waals surface area contributed by atoms with Gasteiger partial charge in [-0.1, -0.05) is 12.6 Å². The zero-order chi connectivity index (χ0) is 26.6. The molecule has 0 radical (unpaired) electrons. The Bertz CT molecular complexity index is 1300. The van der Waals surface area contributed by atoms with Gasteiger partial charge in [0.2, 0.25) is 5.91 Å². The van der Waals surface area contributed by atoms with E-state index in [0.717, 1.165) is 49.3 Å². The number of furan rings is 1. The lowest BCUT2D eigenvalue weighted by Gasteiger charge is -2.60. The van der Waals surface area contributed by atoms with Crippen molar-refractivity contribution in [2.75, 3.05) is 27.2 Å². The third-order valence-corrected chi connectivity index (χ3v) is 9.08. The molecule has 38 heavy (non-hydrogen) atoms. The molecule has 3 heterocycles. The van der Waals surface area contributed by atoms with Gasteiger partial charge < -0.3 is 23.5 Å². The fourth-order valence-corrected chi connectivity index (χ4v) is 7.62. The highest BCUT2D eigenvalue weighted by molar-refractivity contribution is 5.91. The second-order valence-corrected chi connectivity index (χ2v) is 10.9. The van der Waals surface area contributed by atoms with Crippen molar-refractivity contribution in [3.8, 4) is 11.5 Å². The molecule has 2 bridgehead atoms. The molecular formula is C30H34N2O6. The van der Waals surface area contributed by atoms with Gasteiger partial charge in [-0.25, -0.2) is 0 Å². The molecule has 0 unspecified atom stereocenters. The van der Waals surface area contributed by atoms with Crippen LogP contribution in [-0.2, 0) is 26.2 Å². The molecule has 1 saturated carbocycles. The van der Waals surface area contributed by atoms with E-state index in [4.69, 9.17) is 18.6 Å². The Hall–Kier alpha value is -3.52. The molecule has 2 aromatic rings. The number of ether oxygens (including phenoxy) is 3. The number of amides is 1. The number of hydrogen-bond donors (Lipinski definition) is 0. The van der Waals surface area contributed by atoms with Crippen LogP contribution < -0.4 is 9.47 Å². The first kappa shape index (κ1) is 24.8. The maximum Gasteiger partial charge on any atom is 0.307 e. The predicted molar refractivity (Wildman–Crippen MR) is 141 cm³/mol. The molecule has 0 N–H and O–H groups in total. The van der Waals surface area contributed by atoms with Gasteiger partial charge in [-0.05, 0) is 61.9 Å². The SMILES string of the molecule is C=C(CN1CC[C@]23c4c5ccc(OC)c4O[C@H]2[C@H](N(C)C(=O)C=Cc2ccoc2)CC[C@H]3[C@H]1C5)OC(C)=O. The van der Waals surface area contributed by atoms with E-state index in [1.165, 1.54) is 18.1 Å². The normalized spacial score (nSPS) is 28.9. The second kappa shape index (κ2) is 9.34. The average molecular weight is 519 g/mol. The smallest absolute Gasteiger partial charge is 0.307 e. The van der Waals surface area contributed by atoms with Gasteiger partial charge in [0, 0.05) is 42.6 Å². The van der Waals surface area contributed by atoms with Crippen LogP contribution in [0.2, 0.25) is 0 Å². The van der Waals surface area contributed by atoms with Gasteiger partial charge in [-0.15, -0.1) is 0 Å². The van der Waals surface area contributed by atoms with Crippen molar-refractivity contribution in [3.05, 3.63) is 65.8 Å². The Balaban J connectivity index is 1.34. The van der Waals surface area contributed by atoms with Crippen LogP contribution in [0.15, 0.2) is 53.6 Å². The minimum Gasteiger partial charge on any atom is -0.493 e. The fourth-order valence-electron chi connectivity index (χ4n) is 7.62. The van der Waals surface area contributed by atoms with Gasteiger partial charge in [0.15, 0.2) is 11.5 Å². The molecule has 8 nitrogen and oxygen atoms in total. The molecule has 2 fully saturated rings. The molecule has 200 valence electrons. The van der Waals surface area contributed by atoms with Crippen molar-refractivity contribution >= 4 is 18.0 Å². The maximum atomic E-state index is 13.3. The zero-order valence-corrected chi connectivity index (χ0v) is 22.1. The molecule has 1 spiro atoms. The van der Waals surface area contributed by atoms with E-state index >= 15 is 0 Å². The van der Waals surface area contributed by atoms with Crippen LogP contribution in [0.25, 0.3) is 6.08 Å². The van der Waals surface area contributed by atoms with Gasteiger partial charge in [-0.3, -0.25) is 14.5 Å². The van der Waals surface area contributed by atoms with Gasteiger partial charge >= 0.3 is 5.97 Å². The first-order chi connectivity index (χ1) is 18.3. The summed E-state index contributed by atoms with van der Waals surface area (Å²) in [5.74, 6) is 2.04. The summed E-state index contributed by atoms with van der Waals surface area (Å²) in [6.45, 7) is 6.77. The van der Waals surface area contributed by atoms with E-state index in [2.05, 4.69) is 17.5 Å². The number of nitrogens with zero attached hydrogens (tertiary/aromatic N) is 2. The quantitative estimate of drug-likeness (QED) is 0.312. The number of piperidine rings is 1. The van der Waals surface area contributed by atoms with E-state index in [1.807, 2.05) is 24.1 Å². The third kappa shape index (κ3) is 3.76. The number of rotatable bonds is 7. The first-order valence-corrected chi connectivity index (χ1v) is 13.3. The Morgan fingerprint density at radius 1 is 1.29 bits per heavy atom. The molecule has 2 aliphatic carbocycles. The molecule has 6 rings (SSSR count). The Kier molecular flexibility index (Phi) is 6.10. The predicted octanol–water partition coefficient (Wildman–Crippen LogP) is 3.94. The first-order valence-electron chi connectivity index (χ1n) is 13.3. The Morgan fingerprint density at radius 3 is 2.87 bits per heavy atom. The lowest BCUT2D eigenvalue weighted by atomic mass is 9.51. The Morgan fingerprint density at radius 2 is 2.13 bits per heavy atom. The topological polar surface area (TPSA) is 81.5 Å². The number of carbonyl (C=O) groups excluding carboxylic acids is 2. The standard InChI is InChI=1S/C30H34N2O6/c1-18(37-19(2)33)16-32-13-12-30-22-7-8-23(31(3)26(34)10-5-20-11-14-36-17-20)29(30)38-28-25(35-4)9-6-21(27(28)30)15-24(22)32/h5-6,9-11,14,17,22-24,29H,1,7-8,12-13,15-16H2,2-4H3/t22-,23+,24+,29-,30-/m0/s1. The molecule has 1 aromatic carbocycles. The lowest BCUT2D eigenvalue weighted by Crippen LogP contribution is -2.69. The third-order valence-electron chi connectivity index (χ3n) is 9.08. The summed E-state index contributed by atoms with van der Waals surface area (Å²) in [4.78, 5) is 29.1. The van der Waals surface area contributed by atoms with Crippen LogP contribution in [0.1, 0.15) is 42.9 Å². The molecule has 1 aromatic heterocycles. The number of methoxy groups -OCH3 is 1. The zero-order valence-electron chi connectivity index (χ0n) is 22.1. The van der Waals surface area contributed by atoms with Crippen molar-refractivity contribution in [2.45, 2.75) is 56.2 Å². The highest BCUT2D eigenvalue weighted by atomic mass is 16.5. The second-order valence-electron chi connectivity index (χ2n) is 10.9. The summed E-state index contributed by atoms with van der Waals surface area (Å²) < 4.78 is 23.0. The number of likely N-dealkylation sites (tertiary alicyclic amines) is 1. The maximum absolute atomic E-state index is 13.3. The van der Waals surface area contributed by atoms with E-state index in [-0.39, 0.29) is 35.5 Å². The molecule has 1 saturated heterocycles. The number of carbonyl (C=O) groups is 2. The van der Waals surface area contributed by atoms with Crippen LogP contribution in [0.3, 0.4) is 0 Å². The minimum absolute atomic E-state index is 0.0553. The summed E-state index contributed by atoms with van der Waals surface area (Å²) in [7, 11) is 3.56. The number of benzene rings is 1. The molecule has 5 atom stereocenters. The molecule has 8 heteroatoms. The van der Waals surface area contributed by atoms with Gasteiger partial charge in [0.1, 0.15) is 11.9 Å². The monoisotopic (exact) mass is 518 g/mol. The van der Waals surface area contributed by atoms with Crippen LogP contribution >= 0.6 is 0 Å². The van der Waals surface area contributed by atoms with Crippen molar-refractivity contribution in [1.29, 1.82) is 0 Å². The van der Waals surface area contributed by atoms with Crippen molar-refractivity contribution < 1.29 is 28.2 Å². The largest absolute Gasteiger partial charge is 0.493 e. The fraction of sp³-hybridized carbons (Fsp3) is 0.467. The van der Waals surface area contributed by atoms with E-state index < -0.39 is 0 Å². The van der Waals surface area contributed by atoms with Crippen molar-refractivity contribution in [2.24, 2.45) is 5.92 Å². The van der Waals surface area contributed by atoms with Crippen LogP contribution in [0.4, 0.5) is 0 Å². The summed E-state index contributed by atoms with van der Waals surface area (Å²) in [6, 6.07) is 6.20. The molecule has 4 aliphatic rings. The van der Waals surface area contributed by atoms with Crippen LogP contribution in [-0.4, -0.2) is 67.1 Å². The summed E-state index contributed by atoms with van der Waals surface area (Å²) in [5.41, 5.74) is 3.21. The summed E-state index contributed by atoms with van der Waals surface area (Å²) in [5, 5.41) is 0. The lowest BCUT2D eigenvalue weighted by molar-refractivity contribution is -0.139. The van der Waals surface area contributed by atoms with E-state index in [9.17, 15) is 9.59 Å². The average Bonchev–Trinajstić information content (AvgIpc) is 3.53. The van der Waals surface area contributed by atoms with Crippen LogP contribution in [0, 0.1) is 5.92 Å².